The Hall–Kier alpha value is -2.09. The molecule has 0 radical (unpaired) electrons. The van der Waals surface area contributed by atoms with Crippen molar-refractivity contribution in [2.45, 2.75) is 25.7 Å². The van der Waals surface area contributed by atoms with Gasteiger partial charge in [0.2, 0.25) is 0 Å². The predicted molar refractivity (Wildman–Crippen MR) is 95.0 cm³/mol. The summed E-state index contributed by atoms with van der Waals surface area (Å²) in [4.78, 5) is 36.7. The molecule has 0 unspecified atom stereocenters. The topological polar surface area (TPSA) is 139 Å². The summed E-state index contributed by atoms with van der Waals surface area (Å²) in [5.74, 6) is -1.05. The zero-order valence-electron chi connectivity index (χ0n) is 14.4. The molecular formula is C18H27N3O4. The van der Waals surface area contributed by atoms with E-state index in [9.17, 15) is 14.4 Å². The largest absolute Gasteiger partial charge is 0.494 e. The van der Waals surface area contributed by atoms with Gasteiger partial charge in [-0.2, -0.15) is 0 Å². The molecular weight excluding hydrogens is 322 g/mol. The molecule has 0 fully saturated rings. The van der Waals surface area contributed by atoms with Gasteiger partial charge in [-0.25, -0.2) is 0 Å². The van der Waals surface area contributed by atoms with Crippen LogP contribution >= 0.6 is 0 Å². The number of carbonyl (C=O) groups is 3. The monoisotopic (exact) mass is 349 g/mol. The third kappa shape index (κ3) is 5.45. The lowest BCUT2D eigenvalue weighted by Gasteiger charge is -2.28. The van der Waals surface area contributed by atoms with Crippen molar-refractivity contribution in [3.05, 3.63) is 30.3 Å². The Balaban J connectivity index is 2.59. The first-order valence-electron chi connectivity index (χ1n) is 8.40. The van der Waals surface area contributed by atoms with Crippen molar-refractivity contribution in [3.63, 3.8) is 0 Å². The normalized spacial score (nSPS) is 11.2. The third-order valence-electron chi connectivity index (χ3n) is 4.19. The van der Waals surface area contributed by atoms with Gasteiger partial charge in [-0.05, 0) is 25.0 Å². The van der Waals surface area contributed by atoms with E-state index in [4.69, 9.17) is 21.9 Å². The second-order valence-corrected chi connectivity index (χ2v) is 5.76. The molecule has 0 saturated carbocycles. The second-order valence-electron chi connectivity index (χ2n) is 5.76. The minimum Gasteiger partial charge on any atom is -0.494 e. The summed E-state index contributed by atoms with van der Waals surface area (Å²) < 4.78 is 5.58. The molecule has 0 aromatic heterocycles. The van der Waals surface area contributed by atoms with E-state index in [1.807, 2.05) is 30.3 Å². The van der Waals surface area contributed by atoms with Crippen molar-refractivity contribution in [1.29, 1.82) is 0 Å². The lowest BCUT2D eigenvalue weighted by molar-refractivity contribution is -0.148. The molecule has 1 rings (SSSR count). The van der Waals surface area contributed by atoms with E-state index < -0.39 is 42.4 Å². The molecule has 0 bridgehead atoms. The van der Waals surface area contributed by atoms with Gasteiger partial charge in [0, 0.05) is 0 Å². The van der Waals surface area contributed by atoms with Crippen LogP contribution in [-0.2, 0) is 14.4 Å². The molecule has 0 amide bonds. The molecule has 138 valence electrons. The van der Waals surface area contributed by atoms with Gasteiger partial charge < -0.3 is 21.9 Å². The number of hydrogen-bond donors (Lipinski definition) is 3. The third-order valence-corrected chi connectivity index (χ3v) is 4.19. The van der Waals surface area contributed by atoms with Crippen LogP contribution in [0.4, 0.5) is 0 Å². The molecule has 1 aromatic rings. The molecule has 0 atom stereocenters. The van der Waals surface area contributed by atoms with Crippen LogP contribution in [0.25, 0.3) is 0 Å². The summed E-state index contributed by atoms with van der Waals surface area (Å²) >= 11 is 0. The highest BCUT2D eigenvalue weighted by Gasteiger charge is 2.48. The quantitative estimate of drug-likeness (QED) is 0.341. The van der Waals surface area contributed by atoms with E-state index in [1.54, 1.807) is 0 Å². The van der Waals surface area contributed by atoms with E-state index in [2.05, 4.69) is 0 Å². The summed E-state index contributed by atoms with van der Waals surface area (Å²) in [6.07, 6.45) is 2.01. The molecule has 25 heavy (non-hydrogen) atoms. The minimum absolute atomic E-state index is 0.0838. The van der Waals surface area contributed by atoms with Crippen molar-refractivity contribution in [2.75, 3.05) is 26.2 Å². The van der Waals surface area contributed by atoms with Gasteiger partial charge in [0.25, 0.3) is 0 Å². The highest BCUT2D eigenvalue weighted by atomic mass is 16.5. The van der Waals surface area contributed by atoms with Crippen LogP contribution in [0.5, 0.6) is 5.75 Å². The standard InChI is InChI=1S/C18H27N3O4/c19-11-15(22)18(16(23)12-20,17(24)13-21)9-5-2-6-10-25-14-7-3-1-4-8-14/h1,3-4,7-8H,2,5-6,9-13,19-21H2. The zero-order valence-corrected chi connectivity index (χ0v) is 14.4. The van der Waals surface area contributed by atoms with E-state index in [0.717, 1.165) is 12.2 Å². The number of ether oxygens (including phenoxy) is 1. The van der Waals surface area contributed by atoms with Gasteiger partial charge in [-0.1, -0.05) is 31.0 Å². The molecule has 6 N–H and O–H groups in total. The van der Waals surface area contributed by atoms with Crippen LogP contribution in [0.1, 0.15) is 25.7 Å². The minimum atomic E-state index is -1.79. The van der Waals surface area contributed by atoms with Crippen LogP contribution in [0.2, 0.25) is 0 Å². The van der Waals surface area contributed by atoms with Gasteiger partial charge in [0.05, 0.1) is 26.2 Å². The first kappa shape index (κ1) is 21.0. The fourth-order valence-corrected chi connectivity index (χ4v) is 2.78. The Morgan fingerprint density at radius 2 is 1.32 bits per heavy atom. The fourth-order valence-electron chi connectivity index (χ4n) is 2.78. The number of ketones is 3. The maximum atomic E-state index is 12.2. The predicted octanol–water partition coefficient (Wildman–Crippen LogP) is 0.196. The van der Waals surface area contributed by atoms with Gasteiger partial charge in [-0.15, -0.1) is 0 Å². The number of rotatable bonds is 13. The number of benzene rings is 1. The molecule has 7 heteroatoms. The van der Waals surface area contributed by atoms with Crippen LogP contribution in [0.3, 0.4) is 0 Å². The number of Topliss-reactive ketones (excluding diaryl/α,β-unsaturated/α-hetero) is 3. The van der Waals surface area contributed by atoms with E-state index in [1.165, 1.54) is 0 Å². The van der Waals surface area contributed by atoms with Crippen LogP contribution in [0.15, 0.2) is 30.3 Å². The first-order valence-corrected chi connectivity index (χ1v) is 8.40. The number of hydrogen-bond acceptors (Lipinski definition) is 7. The highest BCUT2D eigenvalue weighted by Crippen LogP contribution is 2.29. The molecule has 7 nitrogen and oxygen atoms in total. The van der Waals surface area contributed by atoms with Gasteiger partial charge >= 0.3 is 0 Å². The Morgan fingerprint density at radius 3 is 1.80 bits per heavy atom. The maximum Gasteiger partial charge on any atom is 0.167 e. The van der Waals surface area contributed by atoms with E-state index >= 15 is 0 Å². The second kappa shape index (κ2) is 10.7. The van der Waals surface area contributed by atoms with E-state index in [0.29, 0.717) is 19.4 Å². The van der Waals surface area contributed by atoms with Crippen molar-refractivity contribution in [3.8, 4) is 5.75 Å². The molecule has 0 aliphatic heterocycles. The van der Waals surface area contributed by atoms with Crippen LogP contribution in [0, 0.1) is 5.41 Å². The Bertz CT molecular complexity index is 534. The van der Waals surface area contributed by atoms with Gasteiger partial charge in [-0.3, -0.25) is 14.4 Å². The first-order chi connectivity index (χ1) is 12.0. The molecule has 0 aliphatic rings. The Labute approximate surface area is 147 Å². The highest BCUT2D eigenvalue weighted by molar-refractivity contribution is 6.25. The van der Waals surface area contributed by atoms with Crippen molar-refractivity contribution < 1.29 is 19.1 Å². The SMILES string of the molecule is NCC(=O)C(CCCCCOc1ccccc1)(C(=O)CN)C(=O)CN. The van der Waals surface area contributed by atoms with Crippen molar-refractivity contribution in [1.82, 2.24) is 0 Å². The molecule has 0 spiro atoms. The summed E-state index contributed by atoms with van der Waals surface area (Å²) in [7, 11) is 0. The number of nitrogens with two attached hydrogens (primary N) is 3. The van der Waals surface area contributed by atoms with Crippen molar-refractivity contribution in [2.24, 2.45) is 22.6 Å². The summed E-state index contributed by atoms with van der Waals surface area (Å²) in [6.45, 7) is -0.671. The van der Waals surface area contributed by atoms with Crippen LogP contribution in [-0.4, -0.2) is 43.6 Å². The summed E-state index contributed by atoms with van der Waals surface area (Å²) in [5.41, 5.74) is 14.4. The summed E-state index contributed by atoms with van der Waals surface area (Å²) in [5, 5.41) is 0. The average molecular weight is 349 g/mol. The maximum absolute atomic E-state index is 12.2. The van der Waals surface area contributed by atoms with Gasteiger partial charge in [0.1, 0.15) is 11.2 Å². The zero-order chi connectivity index (χ0) is 18.7. The molecule has 0 saturated heterocycles. The Kier molecular flexibility index (Phi) is 8.98. The Morgan fingerprint density at radius 1 is 0.800 bits per heavy atom. The van der Waals surface area contributed by atoms with Crippen LogP contribution < -0.4 is 21.9 Å². The molecule has 0 heterocycles. The van der Waals surface area contributed by atoms with Gasteiger partial charge in [0.15, 0.2) is 17.3 Å². The number of para-hydroxylation sites is 1. The average Bonchev–Trinajstić information content (AvgIpc) is 2.66. The number of unbranched alkanes of at least 4 members (excludes halogenated alkanes) is 2. The summed E-state index contributed by atoms with van der Waals surface area (Å²) in [6, 6.07) is 9.41. The number of carbonyl (C=O) groups excluding carboxylic acids is 3. The molecule has 1 aromatic carbocycles. The lowest BCUT2D eigenvalue weighted by atomic mass is 9.71. The molecule has 0 aliphatic carbocycles. The fraction of sp³-hybridized carbons (Fsp3) is 0.500. The van der Waals surface area contributed by atoms with Crippen molar-refractivity contribution >= 4 is 17.3 Å². The van der Waals surface area contributed by atoms with E-state index in [-0.39, 0.29) is 6.42 Å². The lowest BCUT2D eigenvalue weighted by Crippen LogP contribution is -2.53. The smallest absolute Gasteiger partial charge is 0.167 e.